The topological polar surface area (TPSA) is 50.9 Å². The number of nitrogens with two attached hydrogens (primary N) is 1. The lowest BCUT2D eigenvalue weighted by molar-refractivity contribution is 0.917. The number of benzene rings is 1. The van der Waals surface area contributed by atoms with Crippen LogP contribution < -0.4 is 11.3 Å². The third kappa shape index (κ3) is 2.46. The highest BCUT2D eigenvalue weighted by Gasteiger charge is 2.08. The van der Waals surface area contributed by atoms with E-state index >= 15 is 0 Å². The highest BCUT2D eigenvalue weighted by Crippen LogP contribution is 2.30. The molecule has 0 aliphatic heterocycles. The molecule has 2 rings (SSSR count). The summed E-state index contributed by atoms with van der Waals surface area (Å²) in [4.78, 5) is 4.43. The van der Waals surface area contributed by atoms with E-state index in [1.165, 1.54) is 0 Å². The molecular weight excluding hydrogens is 257 g/mol. The van der Waals surface area contributed by atoms with Crippen LogP contribution in [0.2, 0.25) is 10.0 Å². The Morgan fingerprint density at radius 1 is 1.29 bits per heavy atom. The van der Waals surface area contributed by atoms with E-state index in [0.29, 0.717) is 15.9 Å². The fourth-order valence-corrected chi connectivity index (χ4v) is 2.36. The van der Waals surface area contributed by atoms with Crippen LogP contribution in [0, 0.1) is 0 Å². The lowest BCUT2D eigenvalue weighted by atomic mass is 10.1. The van der Waals surface area contributed by atoms with E-state index in [0.717, 1.165) is 29.3 Å². The number of halogens is 2. The lowest BCUT2D eigenvalue weighted by Crippen LogP contribution is -2.11. The number of hydrogen-bond acceptors (Lipinski definition) is 3. The Kier molecular flexibility index (Phi) is 3.72. The molecule has 0 unspecified atom stereocenters. The smallest absolute Gasteiger partial charge is 0.143 e. The summed E-state index contributed by atoms with van der Waals surface area (Å²) in [7, 11) is 0. The van der Waals surface area contributed by atoms with Crippen LogP contribution in [0.25, 0.3) is 10.9 Å². The summed E-state index contributed by atoms with van der Waals surface area (Å²) in [6, 6.07) is 5.51. The molecule has 0 fully saturated rings. The second kappa shape index (κ2) is 5.08. The van der Waals surface area contributed by atoms with Gasteiger partial charge in [0.2, 0.25) is 0 Å². The first-order chi connectivity index (χ1) is 8.15. The Balaban J connectivity index is 2.69. The normalized spacial score (nSPS) is 10.8. The van der Waals surface area contributed by atoms with E-state index in [2.05, 4.69) is 17.3 Å². The van der Waals surface area contributed by atoms with Crippen LogP contribution in [0.3, 0.4) is 0 Å². The molecule has 0 atom stereocenters. The van der Waals surface area contributed by atoms with Gasteiger partial charge < -0.3 is 5.43 Å². The number of hydrazine groups is 1. The van der Waals surface area contributed by atoms with Gasteiger partial charge in [-0.05, 0) is 30.2 Å². The van der Waals surface area contributed by atoms with Gasteiger partial charge in [0, 0.05) is 10.4 Å². The van der Waals surface area contributed by atoms with Crippen LogP contribution in [0.1, 0.15) is 18.9 Å². The van der Waals surface area contributed by atoms with Crippen LogP contribution in [0.4, 0.5) is 5.82 Å². The summed E-state index contributed by atoms with van der Waals surface area (Å²) in [5, 5.41) is 2.08. The molecule has 17 heavy (non-hydrogen) atoms. The van der Waals surface area contributed by atoms with Crippen molar-refractivity contribution in [2.24, 2.45) is 5.84 Å². The first-order valence-corrected chi connectivity index (χ1v) is 6.16. The molecule has 0 bridgehead atoms. The molecule has 0 spiro atoms. The molecule has 0 amide bonds. The van der Waals surface area contributed by atoms with Gasteiger partial charge in [-0.1, -0.05) is 36.5 Å². The number of pyridine rings is 1. The molecule has 0 saturated heterocycles. The SMILES string of the molecule is CCCc1cc2c(Cl)cc(Cl)cc2nc1NN. The van der Waals surface area contributed by atoms with Crippen molar-refractivity contribution < 1.29 is 0 Å². The minimum Gasteiger partial charge on any atom is -0.308 e. The molecule has 0 aliphatic carbocycles. The summed E-state index contributed by atoms with van der Waals surface area (Å²) >= 11 is 12.1. The van der Waals surface area contributed by atoms with E-state index in [1.807, 2.05) is 6.07 Å². The van der Waals surface area contributed by atoms with Crippen molar-refractivity contribution in [3.8, 4) is 0 Å². The van der Waals surface area contributed by atoms with E-state index in [-0.39, 0.29) is 0 Å². The number of nitrogen functional groups attached to an aromatic ring is 1. The van der Waals surface area contributed by atoms with Crippen LogP contribution in [-0.2, 0) is 6.42 Å². The summed E-state index contributed by atoms with van der Waals surface area (Å²) in [5.41, 5.74) is 4.42. The molecule has 0 radical (unpaired) electrons. The maximum absolute atomic E-state index is 6.15. The number of rotatable bonds is 3. The van der Waals surface area contributed by atoms with Crippen LogP contribution in [0.15, 0.2) is 18.2 Å². The lowest BCUT2D eigenvalue weighted by Gasteiger charge is -2.10. The van der Waals surface area contributed by atoms with E-state index in [4.69, 9.17) is 29.0 Å². The quantitative estimate of drug-likeness (QED) is 0.659. The molecule has 1 heterocycles. The molecule has 0 aliphatic rings. The molecule has 3 nitrogen and oxygen atoms in total. The minimum atomic E-state index is 0.571. The van der Waals surface area contributed by atoms with Gasteiger partial charge in [0.15, 0.2) is 0 Å². The molecular formula is C12H13Cl2N3. The predicted molar refractivity (Wildman–Crippen MR) is 73.6 cm³/mol. The van der Waals surface area contributed by atoms with Crippen LogP contribution in [-0.4, -0.2) is 4.98 Å². The number of fused-ring (bicyclic) bond motifs is 1. The van der Waals surface area contributed by atoms with Crippen molar-refractivity contribution in [3.63, 3.8) is 0 Å². The Bertz CT molecular complexity index is 555. The Hall–Kier alpha value is -1.03. The standard InChI is InChI=1S/C12H13Cl2N3/c1-2-3-7-4-9-10(14)5-8(13)6-11(9)16-12(7)17-15/h4-6H,2-3,15H2,1H3,(H,16,17). The summed E-state index contributed by atoms with van der Waals surface area (Å²) in [6.45, 7) is 2.11. The fraction of sp³-hybridized carbons (Fsp3) is 0.250. The van der Waals surface area contributed by atoms with Gasteiger partial charge in [-0.3, -0.25) is 0 Å². The van der Waals surface area contributed by atoms with Gasteiger partial charge in [-0.15, -0.1) is 0 Å². The van der Waals surface area contributed by atoms with Crippen molar-refractivity contribution in [1.82, 2.24) is 4.98 Å². The molecule has 1 aromatic carbocycles. The van der Waals surface area contributed by atoms with Gasteiger partial charge in [-0.25, -0.2) is 10.8 Å². The number of aryl methyl sites for hydroxylation is 1. The van der Waals surface area contributed by atoms with E-state index in [1.54, 1.807) is 12.1 Å². The number of nitrogens with zero attached hydrogens (tertiary/aromatic N) is 1. The minimum absolute atomic E-state index is 0.571. The maximum Gasteiger partial charge on any atom is 0.143 e. The zero-order valence-electron chi connectivity index (χ0n) is 9.43. The van der Waals surface area contributed by atoms with Crippen molar-refractivity contribution in [1.29, 1.82) is 0 Å². The van der Waals surface area contributed by atoms with Crippen LogP contribution in [0.5, 0.6) is 0 Å². The molecule has 3 N–H and O–H groups in total. The predicted octanol–water partition coefficient (Wildman–Crippen LogP) is 3.78. The monoisotopic (exact) mass is 269 g/mol. The van der Waals surface area contributed by atoms with Gasteiger partial charge >= 0.3 is 0 Å². The Morgan fingerprint density at radius 3 is 2.71 bits per heavy atom. The second-order valence-electron chi connectivity index (χ2n) is 3.84. The first-order valence-electron chi connectivity index (χ1n) is 5.41. The summed E-state index contributed by atoms with van der Waals surface area (Å²) in [5.74, 6) is 6.15. The van der Waals surface area contributed by atoms with Gasteiger partial charge in [0.05, 0.1) is 10.5 Å². The Morgan fingerprint density at radius 2 is 2.06 bits per heavy atom. The highest BCUT2D eigenvalue weighted by atomic mass is 35.5. The molecule has 0 saturated carbocycles. The number of hydrogen-bond donors (Lipinski definition) is 2. The van der Waals surface area contributed by atoms with Crippen molar-refractivity contribution >= 4 is 39.9 Å². The largest absolute Gasteiger partial charge is 0.308 e. The zero-order valence-corrected chi connectivity index (χ0v) is 10.9. The molecule has 5 heteroatoms. The van der Waals surface area contributed by atoms with Crippen molar-refractivity contribution in [3.05, 3.63) is 33.8 Å². The third-order valence-electron chi connectivity index (χ3n) is 2.58. The number of aromatic nitrogens is 1. The Labute approximate surface area is 110 Å². The fourth-order valence-electron chi connectivity index (χ4n) is 1.83. The van der Waals surface area contributed by atoms with Gasteiger partial charge in [-0.2, -0.15) is 0 Å². The number of anilines is 1. The second-order valence-corrected chi connectivity index (χ2v) is 4.69. The van der Waals surface area contributed by atoms with Crippen molar-refractivity contribution in [2.75, 3.05) is 5.43 Å². The maximum atomic E-state index is 6.15. The average molecular weight is 270 g/mol. The zero-order chi connectivity index (χ0) is 12.4. The van der Waals surface area contributed by atoms with E-state index in [9.17, 15) is 0 Å². The van der Waals surface area contributed by atoms with E-state index < -0.39 is 0 Å². The highest BCUT2D eigenvalue weighted by molar-refractivity contribution is 6.38. The van der Waals surface area contributed by atoms with Gasteiger partial charge in [0.1, 0.15) is 5.82 Å². The van der Waals surface area contributed by atoms with Crippen molar-refractivity contribution in [2.45, 2.75) is 19.8 Å². The first kappa shape index (κ1) is 12.4. The summed E-state index contributed by atoms with van der Waals surface area (Å²) < 4.78 is 0. The number of nitrogens with one attached hydrogen (secondary N) is 1. The molecule has 2 aromatic rings. The third-order valence-corrected chi connectivity index (χ3v) is 3.11. The average Bonchev–Trinajstić information content (AvgIpc) is 2.29. The molecule has 90 valence electrons. The molecule has 1 aromatic heterocycles. The van der Waals surface area contributed by atoms with Crippen LogP contribution >= 0.6 is 23.2 Å². The summed E-state index contributed by atoms with van der Waals surface area (Å²) in [6.07, 6.45) is 1.93. The van der Waals surface area contributed by atoms with Gasteiger partial charge in [0.25, 0.3) is 0 Å².